The molecular formula is C15H24N2O2S. The molecule has 1 heterocycles. The number of sulfonamides is 1. The van der Waals surface area contributed by atoms with Crippen LogP contribution < -0.4 is 5.73 Å². The van der Waals surface area contributed by atoms with E-state index in [0.29, 0.717) is 24.4 Å². The summed E-state index contributed by atoms with van der Waals surface area (Å²) in [5.74, 6) is 0. The van der Waals surface area contributed by atoms with Gasteiger partial charge >= 0.3 is 0 Å². The van der Waals surface area contributed by atoms with Crippen molar-refractivity contribution in [2.24, 2.45) is 11.1 Å². The second-order valence-corrected chi connectivity index (χ2v) is 8.40. The number of aryl methyl sites for hydroxylation is 2. The van der Waals surface area contributed by atoms with Gasteiger partial charge in [-0.2, -0.15) is 4.31 Å². The Labute approximate surface area is 122 Å². The van der Waals surface area contributed by atoms with Crippen molar-refractivity contribution < 1.29 is 8.42 Å². The molecule has 1 aliphatic heterocycles. The number of nitrogens with zero attached hydrogens (tertiary/aromatic N) is 1. The van der Waals surface area contributed by atoms with Crippen molar-refractivity contribution in [3.8, 4) is 0 Å². The molecule has 2 rings (SSSR count). The first-order chi connectivity index (χ1) is 9.14. The second kappa shape index (κ2) is 5.13. The van der Waals surface area contributed by atoms with Crippen LogP contribution in [0.4, 0.5) is 0 Å². The SMILES string of the molecule is Cc1ccc(S(=O)(=O)N2CCC(N)C(C)(C)C2)c(C)c1. The lowest BCUT2D eigenvalue weighted by atomic mass is 9.81. The molecule has 0 saturated carbocycles. The highest BCUT2D eigenvalue weighted by atomic mass is 32.2. The number of piperidine rings is 1. The Morgan fingerprint density at radius 1 is 1.30 bits per heavy atom. The van der Waals surface area contributed by atoms with Gasteiger partial charge < -0.3 is 5.73 Å². The summed E-state index contributed by atoms with van der Waals surface area (Å²) in [6.45, 7) is 8.85. The zero-order chi connectivity index (χ0) is 15.1. The Morgan fingerprint density at radius 2 is 1.95 bits per heavy atom. The number of benzene rings is 1. The molecule has 0 radical (unpaired) electrons. The maximum absolute atomic E-state index is 12.8. The van der Waals surface area contributed by atoms with Gasteiger partial charge in [0.1, 0.15) is 0 Å². The van der Waals surface area contributed by atoms with Crippen molar-refractivity contribution in [1.82, 2.24) is 4.31 Å². The third-order valence-corrected chi connectivity index (χ3v) is 6.23. The Bertz CT molecular complexity index is 608. The smallest absolute Gasteiger partial charge is 0.243 e. The third-order valence-electron chi connectivity index (χ3n) is 4.23. The molecular weight excluding hydrogens is 272 g/mol. The summed E-state index contributed by atoms with van der Waals surface area (Å²) in [4.78, 5) is 0.411. The van der Waals surface area contributed by atoms with Gasteiger partial charge in [0, 0.05) is 19.1 Å². The van der Waals surface area contributed by atoms with Gasteiger partial charge in [0.25, 0.3) is 0 Å². The minimum absolute atomic E-state index is 0.0491. The van der Waals surface area contributed by atoms with Gasteiger partial charge in [-0.3, -0.25) is 0 Å². The number of hydrogen-bond donors (Lipinski definition) is 1. The van der Waals surface area contributed by atoms with E-state index in [1.807, 2.05) is 39.8 Å². The Hall–Kier alpha value is -0.910. The van der Waals surface area contributed by atoms with E-state index in [-0.39, 0.29) is 11.5 Å². The molecule has 1 atom stereocenters. The monoisotopic (exact) mass is 296 g/mol. The molecule has 112 valence electrons. The van der Waals surface area contributed by atoms with E-state index in [4.69, 9.17) is 5.73 Å². The minimum atomic E-state index is -3.43. The van der Waals surface area contributed by atoms with Crippen molar-refractivity contribution >= 4 is 10.0 Å². The molecule has 1 saturated heterocycles. The van der Waals surface area contributed by atoms with E-state index in [2.05, 4.69) is 0 Å². The van der Waals surface area contributed by atoms with Crippen LogP contribution in [0.1, 0.15) is 31.4 Å². The van der Waals surface area contributed by atoms with Crippen LogP contribution in [-0.4, -0.2) is 31.9 Å². The molecule has 2 N–H and O–H groups in total. The Morgan fingerprint density at radius 3 is 2.50 bits per heavy atom. The van der Waals surface area contributed by atoms with Crippen LogP contribution in [0.25, 0.3) is 0 Å². The standard InChI is InChI=1S/C15H24N2O2S/c1-11-5-6-13(12(2)9-11)20(18,19)17-8-7-14(16)15(3,4)10-17/h5-6,9,14H,7-8,10,16H2,1-4H3. The lowest BCUT2D eigenvalue weighted by molar-refractivity contribution is 0.155. The molecule has 1 fully saturated rings. The molecule has 0 aliphatic carbocycles. The van der Waals surface area contributed by atoms with Crippen molar-refractivity contribution in [2.75, 3.05) is 13.1 Å². The highest BCUT2D eigenvalue weighted by molar-refractivity contribution is 7.89. The van der Waals surface area contributed by atoms with Crippen LogP contribution in [0.15, 0.2) is 23.1 Å². The van der Waals surface area contributed by atoms with E-state index < -0.39 is 10.0 Å². The van der Waals surface area contributed by atoms with E-state index >= 15 is 0 Å². The van der Waals surface area contributed by atoms with E-state index in [1.54, 1.807) is 10.4 Å². The largest absolute Gasteiger partial charge is 0.327 e. The Balaban J connectivity index is 2.36. The topological polar surface area (TPSA) is 63.4 Å². The molecule has 1 aromatic rings. The van der Waals surface area contributed by atoms with Crippen molar-refractivity contribution in [3.05, 3.63) is 29.3 Å². The summed E-state index contributed by atoms with van der Waals surface area (Å²) < 4.78 is 27.2. The second-order valence-electron chi connectivity index (χ2n) is 6.49. The molecule has 0 spiro atoms. The zero-order valence-electron chi connectivity index (χ0n) is 12.7. The number of nitrogens with two attached hydrogens (primary N) is 1. The molecule has 4 nitrogen and oxygen atoms in total. The summed E-state index contributed by atoms with van der Waals surface area (Å²) in [7, 11) is -3.43. The van der Waals surface area contributed by atoms with Crippen LogP contribution in [0, 0.1) is 19.3 Å². The Kier molecular flexibility index (Phi) is 3.97. The fourth-order valence-electron chi connectivity index (χ4n) is 2.76. The fourth-order valence-corrected chi connectivity index (χ4v) is 4.59. The minimum Gasteiger partial charge on any atom is -0.327 e. The summed E-state index contributed by atoms with van der Waals surface area (Å²) in [5, 5.41) is 0. The van der Waals surface area contributed by atoms with E-state index in [0.717, 1.165) is 11.1 Å². The number of hydrogen-bond acceptors (Lipinski definition) is 3. The molecule has 0 aromatic heterocycles. The molecule has 1 unspecified atom stereocenters. The maximum Gasteiger partial charge on any atom is 0.243 e. The number of rotatable bonds is 2. The summed E-state index contributed by atoms with van der Waals surface area (Å²) in [5.41, 5.74) is 7.77. The first kappa shape index (κ1) is 15.5. The van der Waals surface area contributed by atoms with Crippen molar-refractivity contribution in [2.45, 2.75) is 45.1 Å². The van der Waals surface area contributed by atoms with Gasteiger partial charge in [0.15, 0.2) is 0 Å². The highest BCUT2D eigenvalue weighted by Gasteiger charge is 2.39. The first-order valence-electron chi connectivity index (χ1n) is 6.97. The van der Waals surface area contributed by atoms with Gasteiger partial charge in [-0.15, -0.1) is 0 Å². The average molecular weight is 296 g/mol. The van der Waals surface area contributed by atoms with Crippen LogP contribution >= 0.6 is 0 Å². The lowest BCUT2D eigenvalue weighted by Crippen LogP contribution is -2.53. The van der Waals surface area contributed by atoms with Crippen molar-refractivity contribution in [1.29, 1.82) is 0 Å². The molecule has 0 bridgehead atoms. The summed E-state index contributed by atoms with van der Waals surface area (Å²) in [6.07, 6.45) is 0.705. The van der Waals surface area contributed by atoms with Crippen molar-refractivity contribution in [3.63, 3.8) is 0 Å². The molecule has 1 aliphatic rings. The van der Waals surface area contributed by atoms with Crippen LogP contribution in [0.5, 0.6) is 0 Å². The predicted molar refractivity (Wildman–Crippen MR) is 81.0 cm³/mol. The predicted octanol–water partition coefficient (Wildman–Crippen LogP) is 2.05. The third kappa shape index (κ3) is 2.75. The molecule has 5 heteroatoms. The van der Waals surface area contributed by atoms with E-state index in [9.17, 15) is 8.42 Å². The quantitative estimate of drug-likeness (QED) is 0.908. The first-order valence-corrected chi connectivity index (χ1v) is 8.41. The highest BCUT2D eigenvalue weighted by Crippen LogP contribution is 2.32. The maximum atomic E-state index is 12.8. The summed E-state index contributed by atoms with van der Waals surface area (Å²) in [6, 6.07) is 5.52. The van der Waals surface area contributed by atoms with Gasteiger partial charge in [0.05, 0.1) is 4.90 Å². The zero-order valence-corrected chi connectivity index (χ0v) is 13.5. The van der Waals surface area contributed by atoms with Crippen LogP contribution in [0.3, 0.4) is 0 Å². The van der Waals surface area contributed by atoms with Crippen LogP contribution in [0.2, 0.25) is 0 Å². The normalized spacial score (nSPS) is 23.8. The summed E-state index contributed by atoms with van der Waals surface area (Å²) >= 11 is 0. The molecule has 1 aromatic carbocycles. The van der Waals surface area contributed by atoms with Gasteiger partial charge in [0.2, 0.25) is 10.0 Å². The van der Waals surface area contributed by atoms with E-state index in [1.165, 1.54) is 0 Å². The van der Waals surface area contributed by atoms with Gasteiger partial charge in [-0.25, -0.2) is 8.42 Å². The average Bonchev–Trinajstić information content (AvgIpc) is 2.31. The lowest BCUT2D eigenvalue weighted by Gasteiger charge is -2.41. The molecule has 0 amide bonds. The van der Waals surface area contributed by atoms with Crippen LogP contribution in [-0.2, 0) is 10.0 Å². The fraction of sp³-hybridized carbons (Fsp3) is 0.600. The molecule has 20 heavy (non-hydrogen) atoms. The van der Waals surface area contributed by atoms with Gasteiger partial charge in [-0.1, -0.05) is 31.5 Å². The van der Waals surface area contributed by atoms with Gasteiger partial charge in [-0.05, 0) is 37.3 Å².